The maximum Gasteiger partial charge on any atom is 0.338 e. The van der Waals surface area contributed by atoms with E-state index in [2.05, 4.69) is 40.6 Å². The molecule has 40 heavy (non-hydrogen) atoms. The highest BCUT2D eigenvalue weighted by Gasteiger charge is 2.33. The Bertz CT molecular complexity index is 1200. The molecule has 8 nitrogen and oxygen atoms in total. The van der Waals surface area contributed by atoms with Gasteiger partial charge in [0, 0.05) is 68.6 Å². The van der Waals surface area contributed by atoms with Crippen molar-refractivity contribution in [2.75, 3.05) is 31.6 Å². The first-order valence-corrected chi connectivity index (χ1v) is 15.1. The maximum absolute atomic E-state index is 12.4. The zero-order valence-electron chi connectivity index (χ0n) is 25.3. The minimum absolute atomic E-state index is 0.156. The minimum atomic E-state index is -0.486. The quantitative estimate of drug-likeness (QED) is 0.482. The van der Waals surface area contributed by atoms with E-state index in [1.807, 2.05) is 37.8 Å². The van der Waals surface area contributed by atoms with E-state index >= 15 is 0 Å². The van der Waals surface area contributed by atoms with Crippen molar-refractivity contribution in [2.45, 2.75) is 110 Å². The average molecular weight is 550 g/mol. The van der Waals surface area contributed by atoms with Gasteiger partial charge in [0.1, 0.15) is 5.60 Å². The third-order valence-electron chi connectivity index (χ3n) is 9.23. The summed E-state index contributed by atoms with van der Waals surface area (Å²) < 4.78 is 7.82. The third kappa shape index (κ3) is 6.22. The van der Waals surface area contributed by atoms with Crippen molar-refractivity contribution >= 4 is 17.6 Å². The largest absolute Gasteiger partial charge is 0.456 e. The Morgan fingerprint density at radius 2 is 1.57 bits per heavy atom. The summed E-state index contributed by atoms with van der Waals surface area (Å²) in [6, 6.07) is 9.59. The number of piperidine rings is 1. The fourth-order valence-electron chi connectivity index (χ4n) is 6.87. The van der Waals surface area contributed by atoms with Gasteiger partial charge in [-0.15, -0.1) is 0 Å². The van der Waals surface area contributed by atoms with E-state index in [0.29, 0.717) is 30.2 Å². The molecule has 1 aliphatic carbocycles. The topological polar surface area (TPSA) is 70.9 Å². The number of hydrogen-bond donors (Lipinski definition) is 0. The van der Waals surface area contributed by atoms with Gasteiger partial charge in [-0.3, -0.25) is 9.48 Å². The number of carbonyl (C=O) groups is 2. The number of amides is 1. The molecule has 3 heterocycles. The van der Waals surface area contributed by atoms with Gasteiger partial charge in [-0.25, -0.2) is 4.79 Å². The number of aryl methyl sites for hydroxylation is 1. The van der Waals surface area contributed by atoms with Gasteiger partial charge in [0.15, 0.2) is 0 Å². The van der Waals surface area contributed by atoms with Crippen LogP contribution in [0, 0.1) is 6.92 Å². The first-order valence-electron chi connectivity index (χ1n) is 15.1. The zero-order valence-corrected chi connectivity index (χ0v) is 25.3. The first kappa shape index (κ1) is 28.7. The van der Waals surface area contributed by atoms with Crippen LogP contribution in [0.4, 0.5) is 5.69 Å². The minimum Gasteiger partial charge on any atom is -0.456 e. The van der Waals surface area contributed by atoms with Crippen LogP contribution in [0.3, 0.4) is 0 Å². The normalized spacial score (nSPS) is 22.4. The molecule has 8 heteroatoms. The van der Waals surface area contributed by atoms with Crippen molar-refractivity contribution in [2.24, 2.45) is 0 Å². The molecule has 0 atom stereocenters. The van der Waals surface area contributed by atoms with Gasteiger partial charge in [0.05, 0.1) is 17.3 Å². The van der Waals surface area contributed by atoms with Crippen molar-refractivity contribution < 1.29 is 14.3 Å². The molecule has 3 aliphatic rings. The Morgan fingerprint density at radius 1 is 0.950 bits per heavy atom. The van der Waals surface area contributed by atoms with Crippen LogP contribution < -0.4 is 4.90 Å². The van der Waals surface area contributed by atoms with Crippen molar-refractivity contribution in [1.29, 1.82) is 0 Å². The van der Waals surface area contributed by atoms with E-state index in [9.17, 15) is 9.59 Å². The molecule has 2 aromatic rings. The van der Waals surface area contributed by atoms with Crippen LogP contribution in [0.25, 0.3) is 0 Å². The second-order valence-corrected chi connectivity index (χ2v) is 13.0. The van der Waals surface area contributed by atoms with Crippen LogP contribution in [0.5, 0.6) is 0 Å². The molecule has 1 saturated carbocycles. The van der Waals surface area contributed by atoms with Crippen LogP contribution in [0.2, 0.25) is 0 Å². The number of hydrogen-bond acceptors (Lipinski definition) is 6. The number of nitrogens with zero attached hydrogens (tertiary/aromatic N) is 5. The first-order chi connectivity index (χ1) is 19.0. The summed E-state index contributed by atoms with van der Waals surface area (Å²) in [6.07, 6.45) is 7.98. The van der Waals surface area contributed by atoms with Gasteiger partial charge in [0.25, 0.3) is 0 Å². The van der Waals surface area contributed by atoms with Crippen molar-refractivity contribution in [3.05, 3.63) is 46.8 Å². The average Bonchev–Trinajstić information content (AvgIpc) is 3.27. The van der Waals surface area contributed by atoms with E-state index in [-0.39, 0.29) is 11.9 Å². The summed E-state index contributed by atoms with van der Waals surface area (Å²) in [5.41, 5.74) is 5.02. The molecule has 0 radical (unpaired) electrons. The van der Waals surface area contributed by atoms with E-state index < -0.39 is 5.60 Å². The van der Waals surface area contributed by atoms with Gasteiger partial charge in [-0.05, 0) is 97.5 Å². The number of benzene rings is 1. The Kier molecular flexibility index (Phi) is 8.27. The fraction of sp³-hybridized carbons (Fsp3) is 0.656. The number of ether oxygens (including phenoxy) is 1. The van der Waals surface area contributed by atoms with Crippen LogP contribution in [0.15, 0.2) is 24.3 Å². The Balaban J connectivity index is 1.11. The van der Waals surface area contributed by atoms with Gasteiger partial charge >= 0.3 is 5.97 Å². The van der Waals surface area contributed by atoms with Crippen LogP contribution in [-0.2, 0) is 22.5 Å². The Morgan fingerprint density at radius 3 is 2.17 bits per heavy atom. The van der Waals surface area contributed by atoms with Crippen molar-refractivity contribution in [3.8, 4) is 0 Å². The van der Waals surface area contributed by atoms with Crippen molar-refractivity contribution in [3.63, 3.8) is 0 Å². The monoisotopic (exact) mass is 549 g/mol. The number of fused-ring (bicyclic) bond motifs is 1. The molecular weight excluding hydrogens is 502 g/mol. The summed E-state index contributed by atoms with van der Waals surface area (Å²) in [4.78, 5) is 31.3. The molecule has 1 aromatic heterocycles. The number of anilines is 1. The standard InChI is InChI=1S/C32H47N5O3/c1-22-29-21-36(23(2)38)20-17-30(29)37(33-22)28-13-11-25(12-14-28)34(6)26-15-18-35(19-16-26)27-9-7-24(8-10-27)31(39)40-32(3,4)5/h7-10,25-26,28H,11-21H2,1-6H3. The predicted octanol–water partition coefficient (Wildman–Crippen LogP) is 5.14. The lowest BCUT2D eigenvalue weighted by Crippen LogP contribution is -2.48. The Hall–Kier alpha value is -2.87. The van der Waals surface area contributed by atoms with Crippen LogP contribution >= 0.6 is 0 Å². The maximum atomic E-state index is 12.4. The second kappa shape index (κ2) is 11.6. The SMILES string of the molecule is CC(=O)N1CCc2c(c(C)nn2C2CCC(N(C)C3CCN(c4ccc(C(=O)OC(C)(C)C)cc4)CC3)CC2)C1. The highest BCUT2D eigenvalue weighted by molar-refractivity contribution is 5.90. The van der Waals surface area contributed by atoms with Gasteiger partial charge in [-0.2, -0.15) is 5.10 Å². The number of rotatable bonds is 5. The molecule has 0 N–H and O–H groups in total. The van der Waals surface area contributed by atoms with E-state index in [1.54, 1.807) is 6.92 Å². The second-order valence-electron chi connectivity index (χ2n) is 13.0. The van der Waals surface area contributed by atoms with Crippen molar-refractivity contribution in [1.82, 2.24) is 19.6 Å². The molecule has 218 valence electrons. The lowest BCUT2D eigenvalue weighted by Gasteiger charge is -2.43. The number of esters is 1. The van der Waals surface area contributed by atoms with Gasteiger partial charge in [0.2, 0.25) is 5.91 Å². The zero-order chi connectivity index (χ0) is 28.6. The predicted molar refractivity (Wildman–Crippen MR) is 158 cm³/mol. The van der Waals surface area contributed by atoms with E-state index in [0.717, 1.165) is 44.6 Å². The highest BCUT2D eigenvalue weighted by atomic mass is 16.6. The number of aromatic nitrogens is 2. The van der Waals surface area contributed by atoms with E-state index in [4.69, 9.17) is 9.84 Å². The van der Waals surface area contributed by atoms with Crippen LogP contribution in [-0.4, -0.2) is 75.8 Å². The molecule has 0 bridgehead atoms. The molecule has 0 unspecified atom stereocenters. The summed E-state index contributed by atoms with van der Waals surface area (Å²) in [5.74, 6) is -0.111. The number of carbonyl (C=O) groups excluding carboxylic acids is 2. The summed E-state index contributed by atoms with van der Waals surface area (Å²) in [7, 11) is 2.33. The summed E-state index contributed by atoms with van der Waals surface area (Å²) >= 11 is 0. The van der Waals surface area contributed by atoms with Gasteiger partial charge in [-0.1, -0.05) is 0 Å². The molecule has 1 saturated heterocycles. The molecule has 1 aromatic carbocycles. The summed E-state index contributed by atoms with van der Waals surface area (Å²) in [6.45, 7) is 13.0. The van der Waals surface area contributed by atoms with Crippen LogP contribution in [0.1, 0.15) is 99.6 Å². The molecule has 2 aliphatic heterocycles. The summed E-state index contributed by atoms with van der Waals surface area (Å²) in [5, 5.41) is 4.97. The molecule has 5 rings (SSSR count). The molecule has 1 amide bonds. The molecule has 0 spiro atoms. The molecular formula is C32H47N5O3. The Labute approximate surface area is 239 Å². The third-order valence-corrected chi connectivity index (χ3v) is 9.23. The highest BCUT2D eigenvalue weighted by Crippen LogP contribution is 2.35. The van der Waals surface area contributed by atoms with Gasteiger partial charge < -0.3 is 19.4 Å². The lowest BCUT2D eigenvalue weighted by atomic mass is 9.88. The van der Waals surface area contributed by atoms with E-state index in [1.165, 1.54) is 42.6 Å². The fourth-order valence-corrected chi connectivity index (χ4v) is 6.87. The smallest absolute Gasteiger partial charge is 0.338 e. The lowest BCUT2D eigenvalue weighted by molar-refractivity contribution is -0.129. The molecule has 2 fully saturated rings.